The van der Waals surface area contributed by atoms with E-state index in [2.05, 4.69) is 5.32 Å². The van der Waals surface area contributed by atoms with Gasteiger partial charge in [0, 0.05) is 25.3 Å². The molecule has 0 aromatic heterocycles. The number of piperidine rings is 1. The Kier molecular flexibility index (Phi) is 6.65. The van der Waals surface area contributed by atoms with Gasteiger partial charge < -0.3 is 10.1 Å². The van der Waals surface area contributed by atoms with Crippen LogP contribution in [0.25, 0.3) is 0 Å². The largest absolute Gasteiger partial charge is 0.496 e. The molecule has 0 spiro atoms. The Morgan fingerprint density at radius 1 is 1.10 bits per heavy atom. The molecular formula is C23H26N2O4. The average Bonchev–Trinajstić information content (AvgIpc) is 2.71. The Labute approximate surface area is 170 Å². The van der Waals surface area contributed by atoms with Crippen LogP contribution in [-0.2, 0) is 20.8 Å². The van der Waals surface area contributed by atoms with Crippen LogP contribution in [0.1, 0.15) is 35.4 Å². The highest BCUT2D eigenvalue weighted by molar-refractivity contribution is 6.01. The summed E-state index contributed by atoms with van der Waals surface area (Å²) in [5.74, 6) is -0.204. The molecule has 1 N–H and O–H groups in total. The topological polar surface area (TPSA) is 75.7 Å². The number of aryl methyl sites for hydroxylation is 1. The highest BCUT2D eigenvalue weighted by atomic mass is 16.5. The highest BCUT2D eigenvalue weighted by Crippen LogP contribution is 2.29. The summed E-state index contributed by atoms with van der Waals surface area (Å²) in [6.07, 6.45) is 1.15. The summed E-state index contributed by atoms with van der Waals surface area (Å²) in [4.78, 5) is 38.2. The lowest BCUT2D eigenvalue weighted by molar-refractivity contribution is -0.151. The SMILES string of the molecule is COc1ccc(CCNC(=O)CN2C(=O)CC(c3ccccc3)CC2=O)cc1C. The van der Waals surface area contributed by atoms with Crippen molar-refractivity contribution in [1.82, 2.24) is 10.2 Å². The van der Waals surface area contributed by atoms with E-state index in [1.54, 1.807) is 7.11 Å². The first-order valence-electron chi connectivity index (χ1n) is 9.76. The van der Waals surface area contributed by atoms with Crippen molar-refractivity contribution in [2.45, 2.75) is 32.1 Å². The predicted octanol–water partition coefficient (Wildman–Crippen LogP) is 2.60. The zero-order valence-electron chi connectivity index (χ0n) is 16.8. The monoisotopic (exact) mass is 394 g/mol. The number of methoxy groups -OCH3 is 1. The summed E-state index contributed by atoms with van der Waals surface area (Å²) >= 11 is 0. The van der Waals surface area contributed by atoms with E-state index in [4.69, 9.17) is 4.74 Å². The van der Waals surface area contributed by atoms with Gasteiger partial charge in [0.1, 0.15) is 12.3 Å². The number of hydrogen-bond donors (Lipinski definition) is 1. The molecule has 1 aliphatic heterocycles. The molecule has 0 radical (unpaired) electrons. The second kappa shape index (κ2) is 9.37. The first-order valence-corrected chi connectivity index (χ1v) is 9.76. The van der Waals surface area contributed by atoms with Crippen molar-refractivity contribution in [2.75, 3.05) is 20.2 Å². The van der Waals surface area contributed by atoms with Crippen LogP contribution in [0.4, 0.5) is 0 Å². The van der Waals surface area contributed by atoms with Crippen LogP contribution in [0, 0.1) is 6.92 Å². The molecule has 1 fully saturated rings. The number of carbonyl (C=O) groups excluding carboxylic acids is 3. The van der Waals surface area contributed by atoms with Gasteiger partial charge in [-0.2, -0.15) is 0 Å². The van der Waals surface area contributed by atoms with E-state index in [0.717, 1.165) is 27.3 Å². The Balaban J connectivity index is 1.48. The number of hydrogen-bond acceptors (Lipinski definition) is 4. The number of amides is 3. The molecule has 3 rings (SSSR count). The third-order valence-electron chi connectivity index (χ3n) is 5.21. The first-order chi connectivity index (χ1) is 14.0. The maximum absolute atomic E-state index is 12.4. The summed E-state index contributed by atoms with van der Waals surface area (Å²) in [5, 5.41) is 2.79. The van der Waals surface area contributed by atoms with Crippen molar-refractivity contribution < 1.29 is 19.1 Å². The van der Waals surface area contributed by atoms with E-state index in [9.17, 15) is 14.4 Å². The van der Waals surface area contributed by atoms with Gasteiger partial charge >= 0.3 is 0 Å². The number of carbonyl (C=O) groups is 3. The van der Waals surface area contributed by atoms with Crippen molar-refractivity contribution in [2.24, 2.45) is 0 Å². The van der Waals surface area contributed by atoms with Gasteiger partial charge in [-0.15, -0.1) is 0 Å². The Morgan fingerprint density at radius 2 is 1.79 bits per heavy atom. The quantitative estimate of drug-likeness (QED) is 0.733. The van der Waals surface area contributed by atoms with Crippen LogP contribution in [-0.4, -0.2) is 42.8 Å². The lowest BCUT2D eigenvalue weighted by atomic mass is 9.88. The first kappa shape index (κ1) is 20.6. The van der Waals surface area contributed by atoms with E-state index in [0.29, 0.717) is 13.0 Å². The van der Waals surface area contributed by atoms with Crippen LogP contribution in [0.2, 0.25) is 0 Å². The molecule has 29 heavy (non-hydrogen) atoms. The molecule has 0 saturated carbocycles. The van der Waals surface area contributed by atoms with Crippen LogP contribution >= 0.6 is 0 Å². The summed E-state index contributed by atoms with van der Waals surface area (Å²) in [7, 11) is 1.63. The van der Waals surface area contributed by atoms with Crippen LogP contribution in [0.15, 0.2) is 48.5 Å². The minimum Gasteiger partial charge on any atom is -0.496 e. The molecule has 1 heterocycles. The zero-order chi connectivity index (χ0) is 20.8. The fraction of sp³-hybridized carbons (Fsp3) is 0.348. The van der Waals surface area contributed by atoms with Crippen molar-refractivity contribution in [1.29, 1.82) is 0 Å². The predicted molar refractivity (Wildman–Crippen MR) is 110 cm³/mol. The molecule has 1 aliphatic rings. The summed E-state index contributed by atoms with van der Waals surface area (Å²) in [5.41, 5.74) is 3.10. The lowest BCUT2D eigenvalue weighted by Gasteiger charge is -2.29. The smallest absolute Gasteiger partial charge is 0.240 e. The molecule has 2 aromatic carbocycles. The molecule has 6 heteroatoms. The molecular weight excluding hydrogens is 368 g/mol. The van der Waals surface area contributed by atoms with Crippen molar-refractivity contribution >= 4 is 17.7 Å². The minimum absolute atomic E-state index is 0.117. The number of imide groups is 1. The standard InChI is InChI=1S/C23H26N2O4/c1-16-12-17(8-9-20(16)29-2)10-11-24-21(26)15-25-22(27)13-19(14-23(25)28)18-6-4-3-5-7-18/h3-9,12,19H,10-11,13-15H2,1-2H3,(H,24,26). The van der Waals surface area contributed by atoms with Crippen molar-refractivity contribution in [3.63, 3.8) is 0 Å². The van der Waals surface area contributed by atoms with Crippen molar-refractivity contribution in [3.8, 4) is 5.75 Å². The molecule has 2 aromatic rings. The maximum atomic E-state index is 12.4. The fourth-order valence-electron chi connectivity index (χ4n) is 3.63. The van der Waals surface area contributed by atoms with E-state index < -0.39 is 0 Å². The van der Waals surface area contributed by atoms with Crippen LogP contribution in [0.3, 0.4) is 0 Å². The second-order valence-corrected chi connectivity index (χ2v) is 7.29. The Morgan fingerprint density at radius 3 is 2.41 bits per heavy atom. The van der Waals surface area contributed by atoms with E-state index >= 15 is 0 Å². The van der Waals surface area contributed by atoms with Gasteiger partial charge in [-0.25, -0.2) is 0 Å². The number of benzene rings is 2. The highest BCUT2D eigenvalue weighted by Gasteiger charge is 2.34. The molecule has 0 aliphatic carbocycles. The summed E-state index contributed by atoms with van der Waals surface area (Å²) in [6, 6.07) is 15.4. The third-order valence-corrected chi connectivity index (χ3v) is 5.21. The van der Waals surface area contributed by atoms with Crippen LogP contribution in [0.5, 0.6) is 5.75 Å². The number of likely N-dealkylation sites (tertiary alicyclic amines) is 1. The van der Waals surface area contributed by atoms with Gasteiger partial charge in [-0.3, -0.25) is 19.3 Å². The minimum atomic E-state index is -0.324. The molecule has 152 valence electrons. The average molecular weight is 394 g/mol. The Hall–Kier alpha value is -3.15. The molecule has 1 saturated heterocycles. The summed E-state index contributed by atoms with van der Waals surface area (Å²) < 4.78 is 5.24. The van der Waals surface area contributed by atoms with Crippen LogP contribution < -0.4 is 10.1 Å². The number of ether oxygens (including phenoxy) is 1. The van der Waals surface area contributed by atoms with E-state index in [-0.39, 0.29) is 43.0 Å². The van der Waals surface area contributed by atoms with E-state index in [1.807, 2.05) is 55.5 Å². The summed E-state index contributed by atoms with van der Waals surface area (Å²) in [6.45, 7) is 2.19. The van der Waals surface area contributed by atoms with Gasteiger partial charge in [0.15, 0.2) is 0 Å². The fourth-order valence-corrected chi connectivity index (χ4v) is 3.63. The van der Waals surface area contributed by atoms with E-state index in [1.165, 1.54) is 0 Å². The molecule has 0 atom stereocenters. The number of nitrogens with zero attached hydrogens (tertiary/aromatic N) is 1. The van der Waals surface area contributed by atoms with Gasteiger partial charge in [-0.05, 0) is 36.1 Å². The third kappa shape index (κ3) is 5.22. The molecule has 6 nitrogen and oxygen atoms in total. The zero-order valence-corrected chi connectivity index (χ0v) is 16.8. The van der Waals surface area contributed by atoms with Gasteiger partial charge in [0.2, 0.25) is 17.7 Å². The normalized spacial score (nSPS) is 14.8. The Bertz CT molecular complexity index is 877. The maximum Gasteiger partial charge on any atom is 0.240 e. The number of rotatable bonds is 7. The lowest BCUT2D eigenvalue weighted by Crippen LogP contribution is -2.48. The van der Waals surface area contributed by atoms with Crippen molar-refractivity contribution in [3.05, 3.63) is 65.2 Å². The van der Waals surface area contributed by atoms with Gasteiger partial charge in [0.25, 0.3) is 0 Å². The van der Waals surface area contributed by atoms with Gasteiger partial charge in [-0.1, -0.05) is 42.5 Å². The molecule has 3 amide bonds. The van der Waals surface area contributed by atoms with Gasteiger partial charge in [0.05, 0.1) is 7.11 Å². The molecule has 0 unspecified atom stereocenters. The molecule has 0 bridgehead atoms. The number of nitrogens with one attached hydrogen (secondary N) is 1. The second-order valence-electron chi connectivity index (χ2n) is 7.29.